The molecule has 2 fully saturated rings. The summed E-state index contributed by atoms with van der Waals surface area (Å²) in [5.41, 5.74) is 5.94. The van der Waals surface area contributed by atoms with Crippen LogP contribution < -0.4 is 15.4 Å². The maximum absolute atomic E-state index is 12.6. The third-order valence-electron chi connectivity index (χ3n) is 5.65. The molecule has 4 rings (SSSR count). The number of likely N-dealkylation sites (tertiary alicyclic amines) is 1. The van der Waals surface area contributed by atoms with Gasteiger partial charge in [-0.15, -0.1) is 0 Å². The Labute approximate surface area is 175 Å². The third-order valence-corrected chi connectivity index (χ3v) is 5.65. The van der Waals surface area contributed by atoms with Gasteiger partial charge in [-0.3, -0.25) is 4.79 Å². The fourth-order valence-electron chi connectivity index (χ4n) is 3.72. The zero-order valence-corrected chi connectivity index (χ0v) is 17.5. The van der Waals surface area contributed by atoms with Crippen molar-refractivity contribution in [2.45, 2.75) is 45.1 Å². The van der Waals surface area contributed by atoms with Crippen molar-refractivity contribution in [3.8, 4) is 5.75 Å². The molecule has 0 radical (unpaired) electrons. The van der Waals surface area contributed by atoms with E-state index in [-0.39, 0.29) is 23.8 Å². The molecular weight excluding hydrogens is 386 g/mol. The highest BCUT2D eigenvalue weighted by atomic mass is 16.5. The van der Waals surface area contributed by atoms with Crippen molar-refractivity contribution in [1.82, 2.24) is 25.0 Å². The summed E-state index contributed by atoms with van der Waals surface area (Å²) in [7, 11) is 0. The second kappa shape index (κ2) is 8.95. The van der Waals surface area contributed by atoms with E-state index >= 15 is 0 Å². The number of rotatable bonds is 6. The number of carbonyl (C=O) groups excluding carboxylic acids is 1. The van der Waals surface area contributed by atoms with E-state index in [4.69, 9.17) is 15.0 Å². The molecule has 2 aliphatic heterocycles. The third kappa shape index (κ3) is 4.69. The molecule has 2 aromatic rings. The molecule has 0 aliphatic carbocycles. The Morgan fingerprint density at radius 2 is 1.97 bits per heavy atom. The number of nitrogens with zero attached hydrogens (tertiary/aromatic N) is 6. The summed E-state index contributed by atoms with van der Waals surface area (Å²) in [4.78, 5) is 29.4. The first kappa shape index (κ1) is 20.5. The first-order chi connectivity index (χ1) is 14.5. The van der Waals surface area contributed by atoms with Gasteiger partial charge in [-0.2, -0.15) is 4.98 Å². The van der Waals surface area contributed by atoms with Gasteiger partial charge in [0.25, 0.3) is 0 Å². The fourth-order valence-corrected chi connectivity index (χ4v) is 3.72. The molecule has 30 heavy (non-hydrogen) atoms. The van der Waals surface area contributed by atoms with Crippen molar-refractivity contribution < 1.29 is 14.1 Å². The van der Waals surface area contributed by atoms with E-state index in [1.807, 2.05) is 13.8 Å². The molecule has 0 unspecified atom stereocenters. The summed E-state index contributed by atoms with van der Waals surface area (Å²) in [6.07, 6.45) is 6.12. The van der Waals surface area contributed by atoms with Crippen molar-refractivity contribution in [3.63, 3.8) is 0 Å². The average Bonchev–Trinajstić information content (AvgIpc) is 3.42. The fraction of sp³-hybridized carbons (Fsp3) is 0.650. The van der Waals surface area contributed by atoms with Gasteiger partial charge in [0.15, 0.2) is 11.6 Å². The van der Waals surface area contributed by atoms with Crippen molar-refractivity contribution >= 4 is 11.9 Å². The van der Waals surface area contributed by atoms with Gasteiger partial charge in [-0.1, -0.05) is 19.0 Å². The predicted octanol–water partition coefficient (Wildman–Crippen LogP) is 1.45. The largest absolute Gasteiger partial charge is 0.490 e. The van der Waals surface area contributed by atoms with Crippen molar-refractivity contribution in [1.29, 1.82) is 0 Å². The number of ether oxygens (including phenoxy) is 1. The second-order valence-electron chi connectivity index (χ2n) is 8.37. The summed E-state index contributed by atoms with van der Waals surface area (Å²) >= 11 is 0. The van der Waals surface area contributed by atoms with E-state index in [2.05, 4.69) is 25.0 Å². The van der Waals surface area contributed by atoms with Crippen LogP contribution in [-0.4, -0.2) is 69.7 Å². The molecule has 4 heterocycles. The van der Waals surface area contributed by atoms with Gasteiger partial charge in [0.05, 0.1) is 19.0 Å². The topological polar surface area (TPSA) is 124 Å². The Hall–Kier alpha value is -2.75. The highest BCUT2D eigenvalue weighted by Crippen LogP contribution is 2.22. The van der Waals surface area contributed by atoms with Crippen LogP contribution in [0.1, 0.15) is 55.5 Å². The highest BCUT2D eigenvalue weighted by Gasteiger charge is 2.28. The summed E-state index contributed by atoms with van der Waals surface area (Å²) in [5, 5.41) is 3.87. The molecule has 0 saturated carbocycles. The molecule has 0 aromatic carbocycles. The summed E-state index contributed by atoms with van der Waals surface area (Å²) in [6, 6.07) is 0.194. The molecule has 10 heteroatoms. The standard InChI is InChI=1S/C20H29N7O3/c1-13(2)17-24-18(30-25-17)19(28)26-6-3-14(4-7-26)12-29-16-9-22-20(23-10-16)27-8-5-15(21)11-27/h9-10,13-15H,3-8,11-12,21H2,1-2H3/t15-/m1/s1. The normalized spacial score (nSPS) is 20.2. The van der Waals surface area contributed by atoms with Gasteiger partial charge in [0, 0.05) is 38.1 Å². The summed E-state index contributed by atoms with van der Waals surface area (Å²) in [6.45, 7) is 7.49. The van der Waals surface area contributed by atoms with E-state index in [0.717, 1.165) is 32.4 Å². The van der Waals surface area contributed by atoms with Crippen molar-refractivity contribution in [2.75, 3.05) is 37.7 Å². The van der Waals surface area contributed by atoms with Crippen LogP contribution in [0.5, 0.6) is 5.75 Å². The monoisotopic (exact) mass is 415 g/mol. The van der Waals surface area contributed by atoms with Crippen LogP contribution in [-0.2, 0) is 0 Å². The lowest BCUT2D eigenvalue weighted by Crippen LogP contribution is -2.39. The van der Waals surface area contributed by atoms with E-state index < -0.39 is 0 Å². The number of aromatic nitrogens is 4. The van der Waals surface area contributed by atoms with Crippen LogP contribution in [0.3, 0.4) is 0 Å². The molecule has 1 atom stereocenters. The molecular formula is C20H29N7O3. The lowest BCUT2D eigenvalue weighted by atomic mass is 9.98. The minimum Gasteiger partial charge on any atom is -0.490 e. The summed E-state index contributed by atoms with van der Waals surface area (Å²) < 4.78 is 11.0. The SMILES string of the molecule is CC(C)c1noc(C(=O)N2CCC(COc3cnc(N4CC[C@@H](N)C4)nc3)CC2)n1. The Kier molecular flexibility index (Phi) is 6.12. The first-order valence-electron chi connectivity index (χ1n) is 10.6. The Morgan fingerprint density at radius 3 is 2.57 bits per heavy atom. The van der Waals surface area contributed by atoms with Crippen LogP contribution in [0.4, 0.5) is 5.95 Å². The van der Waals surface area contributed by atoms with Crippen LogP contribution in [0.15, 0.2) is 16.9 Å². The van der Waals surface area contributed by atoms with E-state index in [1.165, 1.54) is 0 Å². The summed E-state index contributed by atoms with van der Waals surface area (Å²) in [5.74, 6) is 2.30. The molecule has 2 aromatic heterocycles. The minimum absolute atomic E-state index is 0.0737. The Bertz CT molecular complexity index is 846. The van der Waals surface area contributed by atoms with Gasteiger partial charge < -0.3 is 24.8 Å². The quantitative estimate of drug-likeness (QED) is 0.746. The number of carbonyl (C=O) groups is 1. The number of hydrogen-bond acceptors (Lipinski definition) is 9. The molecule has 0 bridgehead atoms. The molecule has 0 spiro atoms. The van der Waals surface area contributed by atoms with Gasteiger partial charge in [0.1, 0.15) is 0 Å². The molecule has 2 N–H and O–H groups in total. The van der Waals surface area contributed by atoms with E-state index in [9.17, 15) is 4.79 Å². The van der Waals surface area contributed by atoms with Gasteiger partial charge in [0.2, 0.25) is 5.95 Å². The van der Waals surface area contributed by atoms with Crippen LogP contribution in [0, 0.1) is 5.92 Å². The Morgan fingerprint density at radius 1 is 1.23 bits per heavy atom. The smallest absolute Gasteiger partial charge is 0.316 e. The lowest BCUT2D eigenvalue weighted by molar-refractivity contribution is 0.0612. The van der Waals surface area contributed by atoms with Gasteiger partial charge in [-0.05, 0) is 25.2 Å². The van der Waals surface area contributed by atoms with Crippen LogP contribution in [0.25, 0.3) is 0 Å². The molecule has 10 nitrogen and oxygen atoms in total. The highest BCUT2D eigenvalue weighted by molar-refractivity contribution is 5.89. The molecule has 2 saturated heterocycles. The van der Waals surface area contributed by atoms with E-state index in [1.54, 1.807) is 17.3 Å². The zero-order chi connectivity index (χ0) is 21.1. The number of piperidine rings is 1. The molecule has 1 amide bonds. The minimum atomic E-state index is -0.195. The van der Waals surface area contributed by atoms with Gasteiger partial charge >= 0.3 is 11.8 Å². The molecule has 162 valence electrons. The zero-order valence-electron chi connectivity index (χ0n) is 17.5. The maximum Gasteiger partial charge on any atom is 0.316 e. The van der Waals surface area contributed by atoms with Crippen LogP contribution in [0.2, 0.25) is 0 Å². The number of anilines is 1. The number of hydrogen-bond donors (Lipinski definition) is 1. The van der Waals surface area contributed by atoms with Crippen LogP contribution >= 0.6 is 0 Å². The number of nitrogens with two attached hydrogens (primary N) is 1. The Balaban J connectivity index is 1.22. The van der Waals surface area contributed by atoms with Crippen molar-refractivity contribution in [3.05, 3.63) is 24.1 Å². The van der Waals surface area contributed by atoms with Crippen molar-refractivity contribution in [2.24, 2.45) is 11.7 Å². The van der Waals surface area contributed by atoms with Gasteiger partial charge in [-0.25, -0.2) is 9.97 Å². The maximum atomic E-state index is 12.6. The predicted molar refractivity (Wildman–Crippen MR) is 109 cm³/mol. The molecule has 2 aliphatic rings. The van der Waals surface area contributed by atoms with E-state index in [0.29, 0.717) is 43.1 Å². The second-order valence-corrected chi connectivity index (χ2v) is 8.37. The average molecular weight is 415 g/mol. The number of amides is 1. The lowest BCUT2D eigenvalue weighted by Gasteiger charge is -2.30. The first-order valence-corrected chi connectivity index (χ1v) is 10.6.